The van der Waals surface area contributed by atoms with Crippen LogP contribution in [0.3, 0.4) is 0 Å². The number of likely N-dealkylation sites (N-methyl/N-ethyl adjacent to an activating group) is 1. The van der Waals surface area contributed by atoms with Crippen molar-refractivity contribution in [1.29, 1.82) is 0 Å². The van der Waals surface area contributed by atoms with Gasteiger partial charge in [0, 0.05) is 19.6 Å². The first-order valence-electron chi connectivity index (χ1n) is 8.79. The van der Waals surface area contributed by atoms with Crippen LogP contribution in [0.2, 0.25) is 0 Å². The fourth-order valence-corrected chi connectivity index (χ4v) is 5.50. The molecule has 0 unspecified atom stereocenters. The molecule has 1 aliphatic rings. The zero-order chi connectivity index (χ0) is 18.4. The normalized spacial score (nSPS) is 20.6. The predicted molar refractivity (Wildman–Crippen MR) is 102 cm³/mol. The molecule has 2 rings (SSSR count). The summed E-state index contributed by atoms with van der Waals surface area (Å²) in [6.45, 7) is 3.22. The van der Waals surface area contributed by atoms with Gasteiger partial charge in [0.05, 0.1) is 17.7 Å². The van der Waals surface area contributed by atoms with E-state index in [0.29, 0.717) is 26.1 Å². The van der Waals surface area contributed by atoms with Crippen LogP contribution >= 0.6 is 11.3 Å². The van der Waals surface area contributed by atoms with E-state index in [9.17, 15) is 13.2 Å². The maximum Gasteiger partial charge on any atom is 0.224 e. The fourth-order valence-electron chi connectivity index (χ4n) is 3.20. The summed E-state index contributed by atoms with van der Waals surface area (Å²) < 4.78 is 26.0. The number of rotatable bonds is 8. The van der Waals surface area contributed by atoms with Crippen LogP contribution in [-0.2, 0) is 14.8 Å². The second-order valence-electron chi connectivity index (χ2n) is 6.79. The topological polar surface area (TPSA) is 69.7 Å². The van der Waals surface area contributed by atoms with Crippen LogP contribution in [0.25, 0.3) is 0 Å². The summed E-state index contributed by atoms with van der Waals surface area (Å²) in [5.74, 6) is -0.147. The highest BCUT2D eigenvalue weighted by molar-refractivity contribution is 7.89. The number of hydrogen-bond donors (Lipinski definition) is 1. The van der Waals surface area contributed by atoms with Gasteiger partial charge in [-0.2, -0.15) is 11.3 Å². The Bertz CT molecular complexity index is 644. The Morgan fingerprint density at radius 1 is 1.48 bits per heavy atom. The summed E-state index contributed by atoms with van der Waals surface area (Å²) >= 11 is 1.64. The van der Waals surface area contributed by atoms with Gasteiger partial charge in [0.25, 0.3) is 0 Å². The molecule has 1 fully saturated rings. The molecule has 1 aromatic rings. The van der Waals surface area contributed by atoms with Gasteiger partial charge < -0.3 is 10.2 Å². The summed E-state index contributed by atoms with van der Waals surface area (Å²) in [4.78, 5) is 14.7. The summed E-state index contributed by atoms with van der Waals surface area (Å²) in [5.41, 5.74) is 1.19. The average molecular weight is 388 g/mol. The average Bonchev–Trinajstić information content (AvgIpc) is 3.09. The zero-order valence-electron chi connectivity index (χ0n) is 15.3. The number of nitrogens with zero attached hydrogens (tertiary/aromatic N) is 2. The van der Waals surface area contributed by atoms with Crippen molar-refractivity contribution >= 4 is 27.3 Å². The van der Waals surface area contributed by atoms with E-state index >= 15 is 0 Å². The van der Waals surface area contributed by atoms with Gasteiger partial charge in [-0.3, -0.25) is 4.79 Å². The van der Waals surface area contributed by atoms with Crippen LogP contribution in [0.1, 0.15) is 37.8 Å². The number of sulfonamides is 1. The molecule has 0 radical (unpaired) electrons. The van der Waals surface area contributed by atoms with Crippen LogP contribution in [-0.4, -0.2) is 63.0 Å². The first-order valence-corrected chi connectivity index (χ1v) is 11.3. The van der Waals surface area contributed by atoms with E-state index in [1.54, 1.807) is 11.3 Å². The lowest BCUT2D eigenvalue weighted by molar-refractivity contribution is -0.126. The van der Waals surface area contributed by atoms with Crippen molar-refractivity contribution in [3.63, 3.8) is 0 Å². The van der Waals surface area contributed by atoms with Crippen molar-refractivity contribution in [2.75, 3.05) is 39.5 Å². The van der Waals surface area contributed by atoms with Crippen molar-refractivity contribution in [2.45, 2.75) is 32.2 Å². The standard InChI is InChI=1S/C17H29N3O3S2/c1-4-10-25(22,23)20-8-5-6-14(12-20)17(21)18-11-16(19(2)3)15-7-9-24-13-15/h7,9,13-14,16H,4-6,8,10-12H2,1-3H3,(H,18,21)/t14-,16+/m1/s1. The van der Waals surface area contributed by atoms with Crippen molar-refractivity contribution in [2.24, 2.45) is 5.92 Å². The maximum atomic E-state index is 12.6. The summed E-state index contributed by atoms with van der Waals surface area (Å²) in [5, 5.41) is 7.16. The minimum absolute atomic E-state index is 0.0431. The van der Waals surface area contributed by atoms with E-state index in [2.05, 4.69) is 21.7 Å². The lowest BCUT2D eigenvalue weighted by atomic mass is 9.98. The number of carbonyl (C=O) groups excluding carboxylic acids is 1. The molecular weight excluding hydrogens is 358 g/mol. The Labute approximate surface area is 155 Å². The number of thiophene rings is 1. The number of carbonyl (C=O) groups is 1. The first-order chi connectivity index (χ1) is 11.8. The molecule has 0 bridgehead atoms. The predicted octanol–water partition coefficient (Wildman–Crippen LogP) is 1.92. The molecule has 0 aromatic carbocycles. The lowest BCUT2D eigenvalue weighted by Crippen LogP contribution is -2.47. The molecule has 1 aromatic heterocycles. The Kier molecular flexibility index (Phi) is 7.42. The summed E-state index contributed by atoms with van der Waals surface area (Å²) in [7, 11) is 0.755. The highest BCUT2D eigenvalue weighted by atomic mass is 32.2. The largest absolute Gasteiger partial charge is 0.354 e. The molecule has 0 spiro atoms. The second-order valence-corrected chi connectivity index (χ2v) is 9.66. The van der Waals surface area contributed by atoms with E-state index in [4.69, 9.17) is 0 Å². The SMILES string of the molecule is CCCS(=O)(=O)N1CCC[C@@H](C(=O)NC[C@@H](c2ccsc2)N(C)C)C1. The highest BCUT2D eigenvalue weighted by Crippen LogP contribution is 2.22. The number of piperidine rings is 1. The molecule has 1 N–H and O–H groups in total. The van der Waals surface area contributed by atoms with E-state index < -0.39 is 10.0 Å². The van der Waals surface area contributed by atoms with Crippen molar-refractivity contribution < 1.29 is 13.2 Å². The second kappa shape index (κ2) is 9.12. The molecule has 2 atom stereocenters. The number of amides is 1. The Balaban J connectivity index is 1.93. The van der Waals surface area contributed by atoms with E-state index in [1.165, 1.54) is 9.87 Å². The van der Waals surface area contributed by atoms with Gasteiger partial charge in [-0.1, -0.05) is 6.92 Å². The highest BCUT2D eigenvalue weighted by Gasteiger charge is 2.32. The molecule has 1 aliphatic heterocycles. The van der Waals surface area contributed by atoms with Gasteiger partial charge in [0.15, 0.2) is 0 Å². The van der Waals surface area contributed by atoms with Crippen molar-refractivity contribution in [3.05, 3.63) is 22.4 Å². The van der Waals surface area contributed by atoms with Crippen LogP contribution in [0, 0.1) is 5.92 Å². The molecule has 1 saturated heterocycles. The molecule has 25 heavy (non-hydrogen) atoms. The minimum Gasteiger partial charge on any atom is -0.354 e. The van der Waals surface area contributed by atoms with Crippen molar-refractivity contribution in [1.82, 2.24) is 14.5 Å². The van der Waals surface area contributed by atoms with Crippen molar-refractivity contribution in [3.8, 4) is 0 Å². The van der Waals surface area contributed by atoms with Gasteiger partial charge >= 0.3 is 0 Å². The van der Waals surface area contributed by atoms with E-state index in [1.807, 2.05) is 26.4 Å². The van der Waals surface area contributed by atoms with E-state index in [-0.39, 0.29) is 23.6 Å². The van der Waals surface area contributed by atoms with Gasteiger partial charge in [0.2, 0.25) is 15.9 Å². The van der Waals surface area contributed by atoms with Crippen LogP contribution in [0.15, 0.2) is 16.8 Å². The number of nitrogens with one attached hydrogen (secondary N) is 1. The quantitative estimate of drug-likeness (QED) is 0.740. The van der Waals surface area contributed by atoms with Gasteiger partial charge in [-0.05, 0) is 55.7 Å². The van der Waals surface area contributed by atoms with Crippen LogP contribution < -0.4 is 5.32 Å². The third-order valence-electron chi connectivity index (χ3n) is 4.63. The minimum atomic E-state index is -3.23. The van der Waals surface area contributed by atoms with Gasteiger partial charge in [-0.25, -0.2) is 12.7 Å². The Morgan fingerprint density at radius 2 is 2.24 bits per heavy atom. The molecule has 0 saturated carbocycles. The molecule has 0 aliphatic carbocycles. The molecule has 8 heteroatoms. The summed E-state index contributed by atoms with van der Waals surface area (Å²) in [6.07, 6.45) is 2.08. The summed E-state index contributed by atoms with van der Waals surface area (Å²) in [6, 6.07) is 2.19. The van der Waals surface area contributed by atoms with Crippen LogP contribution in [0.4, 0.5) is 0 Å². The first kappa shape index (κ1) is 20.4. The van der Waals surface area contributed by atoms with Gasteiger partial charge in [0.1, 0.15) is 0 Å². The third kappa shape index (κ3) is 5.51. The van der Waals surface area contributed by atoms with Gasteiger partial charge in [-0.15, -0.1) is 0 Å². The fraction of sp³-hybridized carbons (Fsp3) is 0.706. The lowest BCUT2D eigenvalue weighted by Gasteiger charge is -2.32. The maximum absolute atomic E-state index is 12.6. The Hall–Kier alpha value is -0.960. The Morgan fingerprint density at radius 3 is 2.84 bits per heavy atom. The molecule has 142 valence electrons. The zero-order valence-corrected chi connectivity index (χ0v) is 16.9. The number of hydrogen-bond acceptors (Lipinski definition) is 5. The molecule has 6 nitrogen and oxygen atoms in total. The molecule has 2 heterocycles. The smallest absolute Gasteiger partial charge is 0.224 e. The van der Waals surface area contributed by atoms with E-state index in [0.717, 1.165) is 12.8 Å². The third-order valence-corrected chi connectivity index (χ3v) is 7.38. The monoisotopic (exact) mass is 387 g/mol. The molecular formula is C17H29N3O3S2. The molecule has 1 amide bonds. The van der Waals surface area contributed by atoms with Crippen LogP contribution in [0.5, 0.6) is 0 Å².